The van der Waals surface area contributed by atoms with Gasteiger partial charge in [0.2, 0.25) is 5.91 Å². The molecule has 2 aromatic carbocycles. The van der Waals surface area contributed by atoms with Crippen LogP contribution in [0, 0.1) is 5.41 Å². The number of hydrogen-bond acceptors (Lipinski definition) is 4. The van der Waals surface area contributed by atoms with Crippen molar-refractivity contribution in [2.45, 2.75) is 51.5 Å². The Balaban J connectivity index is 1.35. The SMILES string of the molecule is CC(C)(CNC(=O)OCC1c2ccccc2-c2ccccc21)C(=O)N1CCCC[C@H]1CC(=O)O. The quantitative estimate of drug-likeness (QED) is 0.633. The van der Waals surface area contributed by atoms with Gasteiger partial charge in [0.15, 0.2) is 0 Å². The number of likely N-dealkylation sites (tertiary alicyclic amines) is 1. The lowest BCUT2D eigenvalue weighted by Gasteiger charge is -2.39. The lowest BCUT2D eigenvalue weighted by molar-refractivity contribution is -0.147. The van der Waals surface area contributed by atoms with Crippen LogP contribution < -0.4 is 5.32 Å². The molecule has 7 heteroatoms. The van der Waals surface area contributed by atoms with E-state index in [-0.39, 0.29) is 37.4 Å². The van der Waals surface area contributed by atoms with E-state index in [1.54, 1.807) is 18.7 Å². The van der Waals surface area contributed by atoms with E-state index in [0.717, 1.165) is 35.1 Å². The summed E-state index contributed by atoms with van der Waals surface area (Å²) in [6.07, 6.45) is 1.84. The van der Waals surface area contributed by atoms with Gasteiger partial charge in [-0.25, -0.2) is 4.79 Å². The van der Waals surface area contributed by atoms with Gasteiger partial charge in [0.25, 0.3) is 0 Å². The summed E-state index contributed by atoms with van der Waals surface area (Å²) >= 11 is 0. The van der Waals surface area contributed by atoms with Gasteiger partial charge in [0, 0.05) is 25.0 Å². The van der Waals surface area contributed by atoms with Crippen molar-refractivity contribution in [1.29, 1.82) is 0 Å². The van der Waals surface area contributed by atoms with Gasteiger partial charge in [-0.15, -0.1) is 0 Å². The molecule has 4 rings (SSSR count). The first kappa shape index (κ1) is 23.8. The summed E-state index contributed by atoms with van der Waals surface area (Å²) < 4.78 is 5.58. The Labute approximate surface area is 200 Å². The third-order valence-electron chi connectivity index (χ3n) is 6.90. The molecule has 2 N–H and O–H groups in total. The lowest BCUT2D eigenvalue weighted by Crippen LogP contribution is -2.52. The van der Waals surface area contributed by atoms with Crippen LogP contribution in [0.5, 0.6) is 0 Å². The highest BCUT2D eigenvalue weighted by atomic mass is 16.5. The molecular formula is C27H32N2O5. The minimum atomic E-state index is -0.903. The number of fused-ring (bicyclic) bond motifs is 3. The third kappa shape index (κ3) is 4.93. The summed E-state index contributed by atoms with van der Waals surface area (Å²) in [5.74, 6) is -1.07. The molecule has 2 amide bonds. The average molecular weight is 465 g/mol. The van der Waals surface area contributed by atoms with Crippen LogP contribution in [-0.2, 0) is 14.3 Å². The van der Waals surface area contributed by atoms with Crippen molar-refractivity contribution in [3.63, 3.8) is 0 Å². The smallest absolute Gasteiger partial charge is 0.407 e. The molecule has 1 heterocycles. The Morgan fingerprint density at radius 2 is 1.65 bits per heavy atom. The largest absolute Gasteiger partial charge is 0.481 e. The zero-order valence-corrected chi connectivity index (χ0v) is 19.8. The molecule has 7 nitrogen and oxygen atoms in total. The third-order valence-corrected chi connectivity index (χ3v) is 6.90. The van der Waals surface area contributed by atoms with Crippen LogP contribution in [0.1, 0.15) is 56.6 Å². The van der Waals surface area contributed by atoms with Crippen molar-refractivity contribution in [3.8, 4) is 11.1 Å². The predicted octanol–water partition coefficient (Wildman–Crippen LogP) is 4.41. The van der Waals surface area contributed by atoms with E-state index >= 15 is 0 Å². The van der Waals surface area contributed by atoms with E-state index in [2.05, 4.69) is 29.6 Å². The molecule has 1 atom stereocenters. The molecule has 2 aliphatic rings. The monoisotopic (exact) mass is 464 g/mol. The number of nitrogens with one attached hydrogen (secondary N) is 1. The van der Waals surface area contributed by atoms with E-state index in [0.29, 0.717) is 13.0 Å². The zero-order valence-electron chi connectivity index (χ0n) is 19.8. The van der Waals surface area contributed by atoms with Crippen molar-refractivity contribution in [2.24, 2.45) is 5.41 Å². The number of carboxylic acid groups (broad SMARTS) is 1. The van der Waals surface area contributed by atoms with Gasteiger partial charge in [-0.1, -0.05) is 48.5 Å². The van der Waals surface area contributed by atoms with Crippen LogP contribution in [-0.4, -0.2) is 53.7 Å². The number of carboxylic acids is 1. The summed E-state index contributed by atoms with van der Waals surface area (Å²) in [6, 6.07) is 16.0. The fourth-order valence-corrected chi connectivity index (χ4v) is 5.09. The number of amides is 2. The summed E-state index contributed by atoms with van der Waals surface area (Å²) in [4.78, 5) is 38.7. The zero-order chi connectivity index (χ0) is 24.3. The second kappa shape index (κ2) is 9.87. The van der Waals surface area contributed by atoms with E-state index < -0.39 is 17.5 Å². The summed E-state index contributed by atoms with van der Waals surface area (Å²) in [5, 5.41) is 11.9. The Kier molecular flexibility index (Phi) is 6.91. The van der Waals surface area contributed by atoms with Gasteiger partial charge in [0.1, 0.15) is 6.61 Å². The van der Waals surface area contributed by atoms with Gasteiger partial charge in [-0.2, -0.15) is 0 Å². The Bertz CT molecular complexity index is 1030. The molecule has 180 valence electrons. The lowest BCUT2D eigenvalue weighted by atomic mass is 9.88. The molecule has 1 fully saturated rings. The summed E-state index contributed by atoms with van der Waals surface area (Å²) in [7, 11) is 0. The molecule has 0 spiro atoms. The highest BCUT2D eigenvalue weighted by molar-refractivity contribution is 5.84. The molecule has 0 aromatic heterocycles. The number of rotatable bonds is 7. The summed E-state index contributed by atoms with van der Waals surface area (Å²) in [5.41, 5.74) is 3.73. The van der Waals surface area contributed by atoms with Crippen LogP contribution >= 0.6 is 0 Å². The molecule has 0 unspecified atom stereocenters. The number of benzene rings is 2. The van der Waals surface area contributed by atoms with Gasteiger partial charge < -0.3 is 20.1 Å². The fourth-order valence-electron chi connectivity index (χ4n) is 5.09. The standard InChI is InChI=1S/C27H32N2O5/c1-27(2,25(32)29-14-8-7-9-18(29)15-24(30)31)17-28-26(33)34-16-23-21-12-5-3-10-19(21)20-11-4-6-13-22(20)23/h3-6,10-13,18,23H,7-9,14-17H2,1-2H3,(H,28,33)(H,30,31)/t18-/m0/s1. The van der Waals surface area contributed by atoms with Crippen molar-refractivity contribution in [1.82, 2.24) is 10.2 Å². The Morgan fingerprint density at radius 3 is 2.26 bits per heavy atom. The van der Waals surface area contributed by atoms with Gasteiger partial charge >= 0.3 is 12.1 Å². The van der Waals surface area contributed by atoms with E-state index in [4.69, 9.17) is 4.74 Å². The number of carbonyl (C=O) groups is 3. The minimum absolute atomic E-state index is 0.0297. The second-order valence-corrected chi connectivity index (χ2v) is 9.81. The van der Waals surface area contributed by atoms with Gasteiger partial charge in [0.05, 0.1) is 11.8 Å². The van der Waals surface area contributed by atoms with Crippen molar-refractivity contribution in [3.05, 3.63) is 59.7 Å². The van der Waals surface area contributed by atoms with Crippen LogP contribution in [0.3, 0.4) is 0 Å². The molecule has 0 bridgehead atoms. The van der Waals surface area contributed by atoms with E-state index in [1.807, 2.05) is 24.3 Å². The van der Waals surface area contributed by atoms with Crippen molar-refractivity contribution in [2.75, 3.05) is 19.7 Å². The molecule has 1 saturated heterocycles. The Morgan fingerprint density at radius 1 is 1.03 bits per heavy atom. The number of carbonyl (C=O) groups excluding carboxylic acids is 2. The number of nitrogens with zero attached hydrogens (tertiary/aromatic N) is 1. The number of piperidine rings is 1. The number of alkyl carbamates (subject to hydrolysis) is 1. The first-order valence-corrected chi connectivity index (χ1v) is 11.9. The number of aliphatic carboxylic acids is 1. The topological polar surface area (TPSA) is 95.9 Å². The summed E-state index contributed by atoms with van der Waals surface area (Å²) in [6.45, 7) is 4.40. The van der Waals surface area contributed by atoms with Crippen molar-refractivity contribution < 1.29 is 24.2 Å². The normalized spacial score (nSPS) is 17.6. The van der Waals surface area contributed by atoms with Crippen LogP contribution in [0.15, 0.2) is 48.5 Å². The molecule has 1 aliphatic carbocycles. The number of hydrogen-bond donors (Lipinski definition) is 2. The predicted molar refractivity (Wildman–Crippen MR) is 128 cm³/mol. The van der Waals surface area contributed by atoms with Gasteiger partial charge in [-0.05, 0) is 55.4 Å². The molecule has 1 aliphatic heterocycles. The molecule has 34 heavy (non-hydrogen) atoms. The van der Waals surface area contributed by atoms with Crippen LogP contribution in [0.4, 0.5) is 4.79 Å². The van der Waals surface area contributed by atoms with E-state index in [1.165, 1.54) is 0 Å². The molecule has 0 saturated carbocycles. The van der Waals surface area contributed by atoms with Crippen LogP contribution in [0.25, 0.3) is 11.1 Å². The molecule has 2 aromatic rings. The number of ether oxygens (including phenoxy) is 1. The highest BCUT2D eigenvalue weighted by Crippen LogP contribution is 2.44. The first-order valence-electron chi connectivity index (χ1n) is 11.9. The maximum Gasteiger partial charge on any atom is 0.407 e. The maximum atomic E-state index is 13.2. The highest BCUT2D eigenvalue weighted by Gasteiger charge is 2.38. The molecule has 0 radical (unpaired) electrons. The minimum Gasteiger partial charge on any atom is -0.481 e. The Hall–Kier alpha value is -3.35. The van der Waals surface area contributed by atoms with E-state index in [9.17, 15) is 19.5 Å². The molecular weight excluding hydrogens is 432 g/mol. The van der Waals surface area contributed by atoms with Crippen molar-refractivity contribution >= 4 is 18.0 Å². The first-order chi connectivity index (χ1) is 16.3. The van der Waals surface area contributed by atoms with Crippen LogP contribution in [0.2, 0.25) is 0 Å². The maximum absolute atomic E-state index is 13.2. The van der Waals surface area contributed by atoms with Gasteiger partial charge in [-0.3, -0.25) is 9.59 Å². The fraction of sp³-hybridized carbons (Fsp3) is 0.444. The average Bonchev–Trinajstić information content (AvgIpc) is 3.15. The second-order valence-electron chi connectivity index (χ2n) is 9.81.